The molecule has 0 atom stereocenters. The van der Waals surface area contributed by atoms with Crippen LogP contribution in [-0.2, 0) is 4.79 Å². The summed E-state index contributed by atoms with van der Waals surface area (Å²) in [5.74, 6) is 2.87. The van der Waals surface area contributed by atoms with Gasteiger partial charge in [0.1, 0.15) is 0 Å². The van der Waals surface area contributed by atoms with E-state index < -0.39 is 0 Å². The number of rotatable bonds is 6. The fourth-order valence-corrected chi connectivity index (χ4v) is 3.43. The van der Waals surface area contributed by atoms with Crippen LogP contribution in [0.4, 0.5) is 0 Å². The highest BCUT2D eigenvalue weighted by Gasteiger charge is 2.42. The lowest BCUT2D eigenvalue weighted by atomic mass is 9.81. The van der Waals surface area contributed by atoms with Crippen LogP contribution >= 0.6 is 12.6 Å². The van der Waals surface area contributed by atoms with Gasteiger partial charge in [0, 0.05) is 13.0 Å². The van der Waals surface area contributed by atoms with Gasteiger partial charge in [0.05, 0.1) is 0 Å². The zero-order valence-corrected chi connectivity index (χ0v) is 12.5. The number of carbonyl (C=O) groups is 1. The number of carbonyl (C=O) groups excluding carboxylic acids is 1. The van der Waals surface area contributed by atoms with E-state index >= 15 is 0 Å². The van der Waals surface area contributed by atoms with E-state index in [1.165, 1.54) is 44.9 Å². The fraction of sp³-hybridized carbons (Fsp3) is 0.933. The van der Waals surface area contributed by atoms with Crippen LogP contribution in [0.3, 0.4) is 0 Å². The first-order valence-corrected chi connectivity index (χ1v) is 8.14. The molecule has 0 unspecified atom stereocenters. The van der Waals surface area contributed by atoms with Gasteiger partial charge in [0.25, 0.3) is 0 Å². The van der Waals surface area contributed by atoms with Crippen molar-refractivity contribution in [1.82, 2.24) is 5.32 Å². The summed E-state index contributed by atoms with van der Waals surface area (Å²) < 4.78 is 0. The molecule has 2 rings (SSSR count). The van der Waals surface area contributed by atoms with Crippen LogP contribution in [-0.4, -0.2) is 18.2 Å². The number of thiol groups is 1. The van der Waals surface area contributed by atoms with Crippen molar-refractivity contribution in [1.29, 1.82) is 0 Å². The number of hydrogen-bond donors (Lipinski definition) is 2. The second-order valence-electron chi connectivity index (χ2n) is 6.60. The van der Waals surface area contributed by atoms with E-state index in [1.54, 1.807) is 0 Å². The normalized spacial score (nSPS) is 29.9. The molecule has 0 spiro atoms. The Morgan fingerprint density at radius 3 is 2.50 bits per heavy atom. The van der Waals surface area contributed by atoms with Crippen molar-refractivity contribution in [3.8, 4) is 0 Å². The summed E-state index contributed by atoms with van der Waals surface area (Å²) in [5, 5.41) is 3.10. The number of nitrogens with one attached hydrogen (secondary N) is 1. The van der Waals surface area contributed by atoms with Gasteiger partial charge in [-0.25, -0.2) is 0 Å². The summed E-state index contributed by atoms with van der Waals surface area (Å²) in [4.78, 5) is 11.8. The molecule has 2 aliphatic carbocycles. The Bertz CT molecular complexity index is 280. The molecular formula is C15H27NOS. The third-order valence-electron chi connectivity index (χ3n) is 4.84. The molecule has 0 aliphatic heterocycles. The molecule has 0 heterocycles. The molecule has 0 radical (unpaired) electrons. The molecule has 18 heavy (non-hydrogen) atoms. The minimum absolute atomic E-state index is 0.241. The Morgan fingerprint density at radius 2 is 1.94 bits per heavy atom. The van der Waals surface area contributed by atoms with E-state index in [9.17, 15) is 4.79 Å². The molecule has 104 valence electrons. The topological polar surface area (TPSA) is 29.1 Å². The zero-order valence-electron chi connectivity index (χ0n) is 11.6. The maximum absolute atomic E-state index is 11.8. The maximum Gasteiger partial charge on any atom is 0.220 e. The van der Waals surface area contributed by atoms with E-state index in [-0.39, 0.29) is 11.3 Å². The van der Waals surface area contributed by atoms with Crippen LogP contribution in [0.1, 0.15) is 58.3 Å². The predicted octanol–water partition coefficient (Wildman–Crippen LogP) is 3.42. The molecule has 2 saturated carbocycles. The Hall–Kier alpha value is -0.180. The quantitative estimate of drug-likeness (QED) is 0.711. The van der Waals surface area contributed by atoms with Crippen LogP contribution in [0.15, 0.2) is 0 Å². The minimum atomic E-state index is 0.241. The molecule has 2 aliphatic rings. The van der Waals surface area contributed by atoms with Crippen molar-refractivity contribution in [2.24, 2.45) is 17.3 Å². The Balaban J connectivity index is 1.56. The van der Waals surface area contributed by atoms with E-state index in [2.05, 4.69) is 24.9 Å². The van der Waals surface area contributed by atoms with Gasteiger partial charge in [-0.15, -0.1) is 0 Å². The molecule has 0 aromatic carbocycles. The van der Waals surface area contributed by atoms with Crippen molar-refractivity contribution in [3.05, 3.63) is 0 Å². The summed E-state index contributed by atoms with van der Waals surface area (Å²) >= 11 is 4.34. The molecule has 2 fully saturated rings. The van der Waals surface area contributed by atoms with Crippen LogP contribution in [0, 0.1) is 17.3 Å². The first-order chi connectivity index (χ1) is 8.63. The lowest BCUT2D eigenvalue weighted by Crippen LogP contribution is -2.29. The summed E-state index contributed by atoms with van der Waals surface area (Å²) in [6, 6.07) is 0. The molecular weight excluding hydrogens is 242 g/mol. The van der Waals surface area contributed by atoms with Crippen molar-refractivity contribution in [2.45, 2.75) is 58.3 Å². The predicted molar refractivity (Wildman–Crippen MR) is 78.9 cm³/mol. The SMILES string of the molecule is CC1CCC(CCNC(=O)CC2(CS)CC2)CC1. The standard InChI is InChI=1S/C15H27NOS/c1-12-2-4-13(5-3-12)6-9-16-14(17)10-15(11-18)7-8-15/h12-13,18H,2-11H2,1H3,(H,16,17). The van der Waals surface area contributed by atoms with Gasteiger partial charge < -0.3 is 5.32 Å². The third kappa shape index (κ3) is 4.18. The molecule has 1 amide bonds. The van der Waals surface area contributed by atoms with Crippen LogP contribution < -0.4 is 5.32 Å². The van der Waals surface area contributed by atoms with Gasteiger partial charge in [0.15, 0.2) is 0 Å². The summed E-state index contributed by atoms with van der Waals surface area (Å²) in [7, 11) is 0. The van der Waals surface area contributed by atoms with Crippen LogP contribution in [0.5, 0.6) is 0 Å². The Morgan fingerprint density at radius 1 is 1.28 bits per heavy atom. The molecule has 1 N–H and O–H groups in total. The van der Waals surface area contributed by atoms with E-state index in [1.807, 2.05) is 0 Å². The van der Waals surface area contributed by atoms with Crippen molar-refractivity contribution >= 4 is 18.5 Å². The molecule has 0 aromatic heterocycles. The first-order valence-electron chi connectivity index (χ1n) is 7.51. The molecule has 0 aromatic rings. The average molecular weight is 269 g/mol. The minimum Gasteiger partial charge on any atom is -0.356 e. The highest BCUT2D eigenvalue weighted by atomic mass is 32.1. The molecule has 2 nitrogen and oxygen atoms in total. The second kappa shape index (κ2) is 6.31. The molecule has 0 bridgehead atoms. The van der Waals surface area contributed by atoms with Gasteiger partial charge >= 0.3 is 0 Å². The van der Waals surface area contributed by atoms with Crippen LogP contribution in [0.25, 0.3) is 0 Å². The lowest BCUT2D eigenvalue weighted by molar-refractivity contribution is -0.122. The van der Waals surface area contributed by atoms with Crippen molar-refractivity contribution in [2.75, 3.05) is 12.3 Å². The van der Waals surface area contributed by atoms with Crippen molar-refractivity contribution in [3.63, 3.8) is 0 Å². The van der Waals surface area contributed by atoms with Crippen LogP contribution in [0.2, 0.25) is 0 Å². The van der Waals surface area contributed by atoms with Gasteiger partial charge in [-0.1, -0.05) is 32.6 Å². The number of hydrogen-bond acceptors (Lipinski definition) is 2. The molecule has 0 saturated heterocycles. The largest absolute Gasteiger partial charge is 0.356 e. The van der Waals surface area contributed by atoms with E-state index in [0.29, 0.717) is 6.42 Å². The summed E-state index contributed by atoms with van der Waals surface area (Å²) in [6.45, 7) is 3.23. The Kier molecular flexibility index (Phi) is 4.99. The van der Waals surface area contributed by atoms with E-state index in [4.69, 9.17) is 0 Å². The van der Waals surface area contributed by atoms with Gasteiger partial charge in [-0.05, 0) is 42.3 Å². The smallest absolute Gasteiger partial charge is 0.220 e. The Labute approximate surface area is 117 Å². The molecule has 3 heteroatoms. The highest BCUT2D eigenvalue weighted by Crippen LogP contribution is 2.49. The van der Waals surface area contributed by atoms with E-state index in [0.717, 1.165) is 24.1 Å². The summed E-state index contributed by atoms with van der Waals surface area (Å²) in [6.07, 6.45) is 9.71. The second-order valence-corrected chi connectivity index (χ2v) is 6.92. The summed E-state index contributed by atoms with van der Waals surface area (Å²) in [5.41, 5.74) is 0.257. The van der Waals surface area contributed by atoms with Gasteiger partial charge in [-0.3, -0.25) is 4.79 Å². The maximum atomic E-state index is 11.8. The van der Waals surface area contributed by atoms with Gasteiger partial charge in [-0.2, -0.15) is 12.6 Å². The lowest BCUT2D eigenvalue weighted by Gasteiger charge is -2.26. The fourth-order valence-electron chi connectivity index (χ4n) is 3.00. The first kappa shape index (κ1) is 14.2. The average Bonchev–Trinajstić information content (AvgIpc) is 3.12. The monoisotopic (exact) mass is 269 g/mol. The highest BCUT2D eigenvalue weighted by molar-refractivity contribution is 7.80. The third-order valence-corrected chi connectivity index (χ3v) is 5.51. The number of amides is 1. The van der Waals surface area contributed by atoms with Gasteiger partial charge in [0.2, 0.25) is 5.91 Å². The zero-order chi connectivity index (χ0) is 13.0. The van der Waals surface area contributed by atoms with Crippen molar-refractivity contribution < 1.29 is 4.79 Å².